The number of benzene rings is 3. The van der Waals surface area contributed by atoms with Crippen molar-refractivity contribution in [3.63, 3.8) is 0 Å². The Kier molecular flexibility index (Phi) is 6.85. The van der Waals surface area contributed by atoms with Crippen LogP contribution >= 0.6 is 0 Å². The molecule has 5 rings (SSSR count). The maximum Gasteiger partial charge on any atom is 0.265 e. The van der Waals surface area contributed by atoms with Crippen molar-refractivity contribution in [2.24, 2.45) is 0 Å². The molecule has 3 aromatic rings. The highest BCUT2D eigenvalue weighted by Crippen LogP contribution is 2.34. The molecule has 0 saturated heterocycles. The van der Waals surface area contributed by atoms with Gasteiger partial charge in [0.2, 0.25) is 5.91 Å². The van der Waals surface area contributed by atoms with E-state index in [0.29, 0.717) is 53.6 Å². The van der Waals surface area contributed by atoms with E-state index in [1.807, 2.05) is 30.3 Å². The Bertz CT molecular complexity index is 1320. The molecule has 0 bridgehead atoms. The monoisotopic (exact) mass is 499 g/mol. The molecule has 1 N–H and O–H groups in total. The fraction of sp³-hybridized carbons (Fsp3) is 0.214. The van der Waals surface area contributed by atoms with Crippen LogP contribution in [0.5, 0.6) is 11.5 Å². The van der Waals surface area contributed by atoms with Crippen LogP contribution in [0, 0.1) is 0 Å². The van der Waals surface area contributed by atoms with Crippen LogP contribution in [0.2, 0.25) is 0 Å². The van der Waals surface area contributed by atoms with Crippen molar-refractivity contribution >= 4 is 35.0 Å². The van der Waals surface area contributed by atoms with E-state index >= 15 is 0 Å². The molecule has 0 atom stereocenters. The normalized spacial score (nSPS) is 14.2. The quantitative estimate of drug-likeness (QED) is 0.452. The number of ether oxygens (including phenoxy) is 2. The molecule has 0 aromatic heterocycles. The van der Waals surface area contributed by atoms with Crippen LogP contribution in [0.1, 0.15) is 33.6 Å². The Hall–Kier alpha value is -4.66. The lowest BCUT2D eigenvalue weighted by Gasteiger charge is -2.29. The van der Waals surface area contributed by atoms with Crippen molar-refractivity contribution in [3.8, 4) is 11.5 Å². The van der Waals surface area contributed by atoms with Crippen molar-refractivity contribution in [1.82, 2.24) is 4.90 Å². The Morgan fingerprint density at radius 2 is 1.57 bits per heavy atom. The van der Waals surface area contributed by atoms with Gasteiger partial charge in [-0.2, -0.15) is 0 Å². The SMILES string of the molecule is O=C(CCCN1C(=O)c2ccccc2C1=O)Nc1ccc2c(c1)N(CCOc1ccccc1)C(=O)CO2. The number of nitrogens with zero attached hydrogens (tertiary/aromatic N) is 2. The molecule has 188 valence electrons. The third-order valence-electron chi connectivity index (χ3n) is 6.18. The Balaban J connectivity index is 1.16. The van der Waals surface area contributed by atoms with E-state index in [9.17, 15) is 19.2 Å². The van der Waals surface area contributed by atoms with Crippen molar-refractivity contribution in [1.29, 1.82) is 0 Å². The molecule has 37 heavy (non-hydrogen) atoms. The van der Waals surface area contributed by atoms with Crippen LogP contribution in [0.3, 0.4) is 0 Å². The smallest absolute Gasteiger partial charge is 0.265 e. The van der Waals surface area contributed by atoms with Crippen LogP contribution in [0.4, 0.5) is 11.4 Å². The first kappa shape index (κ1) is 24.1. The maximum absolute atomic E-state index is 12.6. The minimum atomic E-state index is -0.336. The number of rotatable bonds is 9. The zero-order valence-electron chi connectivity index (χ0n) is 20.0. The van der Waals surface area contributed by atoms with Gasteiger partial charge in [-0.25, -0.2) is 0 Å². The molecule has 0 radical (unpaired) electrons. The standard InChI is InChI=1S/C28H25N3O6/c32-25(11-6-14-31-27(34)21-9-4-5-10-22(21)28(31)35)29-19-12-13-24-23(17-19)30(26(33)18-37-24)15-16-36-20-7-2-1-3-8-20/h1-5,7-10,12-13,17H,6,11,14-16,18H2,(H,29,32). The summed E-state index contributed by atoms with van der Waals surface area (Å²) < 4.78 is 11.3. The van der Waals surface area contributed by atoms with E-state index in [-0.39, 0.29) is 43.2 Å². The predicted molar refractivity (Wildman–Crippen MR) is 136 cm³/mol. The van der Waals surface area contributed by atoms with Crippen molar-refractivity contribution in [2.45, 2.75) is 12.8 Å². The fourth-order valence-electron chi connectivity index (χ4n) is 4.36. The molecule has 3 aromatic carbocycles. The Labute approximate surface area is 213 Å². The Morgan fingerprint density at radius 3 is 2.30 bits per heavy atom. The number of carbonyl (C=O) groups excluding carboxylic acids is 4. The Morgan fingerprint density at radius 1 is 0.865 bits per heavy atom. The van der Waals surface area contributed by atoms with Gasteiger partial charge < -0.3 is 19.7 Å². The van der Waals surface area contributed by atoms with Gasteiger partial charge in [0.25, 0.3) is 17.7 Å². The number of para-hydroxylation sites is 1. The number of hydrogen-bond donors (Lipinski definition) is 1. The molecule has 9 nitrogen and oxygen atoms in total. The van der Waals surface area contributed by atoms with Gasteiger partial charge >= 0.3 is 0 Å². The van der Waals surface area contributed by atoms with Gasteiger partial charge in [0.15, 0.2) is 6.61 Å². The number of carbonyl (C=O) groups is 4. The van der Waals surface area contributed by atoms with Crippen LogP contribution < -0.4 is 19.7 Å². The highest BCUT2D eigenvalue weighted by Gasteiger charge is 2.34. The molecule has 0 saturated carbocycles. The molecular formula is C28H25N3O6. The molecule has 4 amide bonds. The highest BCUT2D eigenvalue weighted by molar-refractivity contribution is 6.21. The minimum Gasteiger partial charge on any atom is -0.492 e. The van der Waals surface area contributed by atoms with Crippen molar-refractivity contribution in [3.05, 3.63) is 83.9 Å². The minimum absolute atomic E-state index is 0.0676. The van der Waals surface area contributed by atoms with E-state index in [1.54, 1.807) is 47.4 Å². The summed E-state index contributed by atoms with van der Waals surface area (Å²) >= 11 is 0. The summed E-state index contributed by atoms with van der Waals surface area (Å²) in [5.74, 6) is 0.120. The number of fused-ring (bicyclic) bond motifs is 2. The van der Waals surface area contributed by atoms with Gasteiger partial charge in [0.05, 0.1) is 23.4 Å². The molecule has 0 aliphatic carbocycles. The highest BCUT2D eigenvalue weighted by atomic mass is 16.5. The summed E-state index contributed by atoms with van der Waals surface area (Å²) in [5.41, 5.74) is 1.84. The number of nitrogens with one attached hydrogen (secondary N) is 1. The van der Waals surface area contributed by atoms with Crippen LogP contribution in [-0.2, 0) is 9.59 Å². The first-order valence-corrected chi connectivity index (χ1v) is 12.0. The third-order valence-corrected chi connectivity index (χ3v) is 6.18. The van der Waals surface area contributed by atoms with Gasteiger partial charge in [0, 0.05) is 18.7 Å². The van der Waals surface area contributed by atoms with Gasteiger partial charge in [-0.15, -0.1) is 0 Å². The summed E-state index contributed by atoms with van der Waals surface area (Å²) in [6.45, 7) is 0.703. The van der Waals surface area contributed by atoms with E-state index in [0.717, 1.165) is 0 Å². The largest absolute Gasteiger partial charge is 0.492 e. The molecule has 2 heterocycles. The molecule has 2 aliphatic rings. The zero-order valence-corrected chi connectivity index (χ0v) is 20.0. The number of imide groups is 1. The average Bonchev–Trinajstić information content (AvgIpc) is 3.15. The lowest BCUT2D eigenvalue weighted by Crippen LogP contribution is -2.41. The third kappa shape index (κ3) is 5.16. The van der Waals surface area contributed by atoms with E-state index in [2.05, 4.69) is 5.32 Å². The second-order valence-electron chi connectivity index (χ2n) is 8.64. The number of hydrogen-bond acceptors (Lipinski definition) is 6. The number of anilines is 2. The van der Waals surface area contributed by atoms with Gasteiger partial charge in [-0.3, -0.25) is 24.1 Å². The number of amides is 4. The second kappa shape index (κ2) is 10.5. The van der Waals surface area contributed by atoms with E-state index < -0.39 is 0 Å². The summed E-state index contributed by atoms with van der Waals surface area (Å²) in [4.78, 5) is 52.8. The van der Waals surface area contributed by atoms with Gasteiger partial charge in [-0.1, -0.05) is 30.3 Å². The van der Waals surface area contributed by atoms with Crippen molar-refractivity contribution in [2.75, 3.05) is 36.5 Å². The summed E-state index contributed by atoms with van der Waals surface area (Å²) in [6, 6.07) is 21.1. The first-order chi connectivity index (χ1) is 18.0. The molecule has 0 fully saturated rings. The van der Waals surface area contributed by atoms with Gasteiger partial charge in [0.1, 0.15) is 18.1 Å². The fourth-order valence-corrected chi connectivity index (χ4v) is 4.36. The summed E-state index contributed by atoms with van der Waals surface area (Å²) in [6.07, 6.45) is 0.446. The van der Waals surface area contributed by atoms with Crippen molar-refractivity contribution < 1.29 is 28.7 Å². The van der Waals surface area contributed by atoms with E-state index in [1.165, 1.54) is 4.90 Å². The topological polar surface area (TPSA) is 105 Å². The van der Waals surface area contributed by atoms with Crippen LogP contribution in [0.25, 0.3) is 0 Å². The first-order valence-electron chi connectivity index (χ1n) is 12.0. The molecule has 0 unspecified atom stereocenters. The van der Waals surface area contributed by atoms with Crippen LogP contribution in [-0.4, -0.2) is 54.8 Å². The lowest BCUT2D eigenvalue weighted by atomic mass is 10.1. The summed E-state index contributed by atoms with van der Waals surface area (Å²) in [5, 5.41) is 2.82. The van der Waals surface area contributed by atoms with Gasteiger partial charge in [-0.05, 0) is 48.9 Å². The summed E-state index contributed by atoms with van der Waals surface area (Å²) in [7, 11) is 0. The second-order valence-corrected chi connectivity index (χ2v) is 8.64. The van der Waals surface area contributed by atoms with Crippen LogP contribution in [0.15, 0.2) is 72.8 Å². The average molecular weight is 500 g/mol. The molecular weight excluding hydrogens is 474 g/mol. The molecule has 2 aliphatic heterocycles. The molecule has 9 heteroatoms. The molecule has 0 spiro atoms. The van der Waals surface area contributed by atoms with E-state index in [4.69, 9.17) is 9.47 Å². The lowest BCUT2D eigenvalue weighted by molar-refractivity contribution is -0.121. The zero-order chi connectivity index (χ0) is 25.8. The predicted octanol–water partition coefficient (Wildman–Crippen LogP) is 3.51. The maximum atomic E-state index is 12.6.